The highest BCUT2D eigenvalue weighted by Crippen LogP contribution is 2.29. The third-order valence-electron chi connectivity index (χ3n) is 5.68. The molecule has 178 valence electrons. The zero-order valence-corrected chi connectivity index (χ0v) is 19.7. The number of likely N-dealkylation sites (tertiary alicyclic amines) is 1. The molecule has 1 heterocycles. The van der Waals surface area contributed by atoms with Crippen LogP contribution in [0.1, 0.15) is 52.9 Å². The van der Waals surface area contributed by atoms with Crippen LogP contribution in [0, 0.1) is 5.92 Å². The molecule has 0 aromatic heterocycles. The fourth-order valence-electron chi connectivity index (χ4n) is 3.89. The molecule has 31 heavy (non-hydrogen) atoms. The monoisotopic (exact) mass is 442 g/mol. The lowest BCUT2D eigenvalue weighted by Gasteiger charge is -2.31. The van der Waals surface area contributed by atoms with Crippen LogP contribution < -0.4 is 0 Å². The number of hydrogen-bond acceptors (Lipinski definition) is 7. The summed E-state index contributed by atoms with van der Waals surface area (Å²) in [6.45, 7) is 6.19. The zero-order valence-electron chi connectivity index (χ0n) is 19.7. The minimum absolute atomic E-state index is 0.0229. The average Bonchev–Trinajstić information content (AvgIpc) is 3.12. The molecule has 0 radical (unpaired) electrons. The second kappa shape index (κ2) is 11.1. The van der Waals surface area contributed by atoms with E-state index < -0.39 is 11.7 Å². The molecule has 0 unspecified atom stereocenters. The largest absolute Gasteiger partial charge is 0.469 e. The van der Waals surface area contributed by atoms with Crippen molar-refractivity contribution in [2.24, 2.45) is 5.92 Å². The lowest BCUT2D eigenvalue weighted by Crippen LogP contribution is -2.42. The van der Waals surface area contributed by atoms with Crippen LogP contribution in [-0.4, -0.2) is 92.6 Å². The number of ether oxygens (including phenoxy) is 4. The first-order chi connectivity index (χ1) is 14.5. The van der Waals surface area contributed by atoms with Crippen molar-refractivity contribution in [1.82, 2.24) is 9.80 Å². The Morgan fingerprint density at radius 1 is 1.00 bits per heavy atom. The first-order valence-electron chi connectivity index (χ1n) is 11.0. The van der Waals surface area contributed by atoms with Crippen LogP contribution >= 0.6 is 0 Å². The van der Waals surface area contributed by atoms with Gasteiger partial charge in [-0.1, -0.05) is 0 Å². The third-order valence-corrected chi connectivity index (χ3v) is 5.68. The Morgan fingerprint density at radius 3 is 2.19 bits per heavy atom. The van der Waals surface area contributed by atoms with Crippen LogP contribution in [0.15, 0.2) is 0 Å². The molecule has 1 saturated heterocycles. The van der Waals surface area contributed by atoms with Crippen LogP contribution in [-0.2, 0) is 28.5 Å². The van der Waals surface area contributed by atoms with E-state index in [4.69, 9.17) is 18.9 Å². The molecule has 0 aromatic carbocycles. The van der Waals surface area contributed by atoms with Gasteiger partial charge in [0.05, 0.1) is 44.4 Å². The van der Waals surface area contributed by atoms with E-state index in [1.54, 1.807) is 19.0 Å². The Morgan fingerprint density at radius 2 is 1.65 bits per heavy atom. The number of nitrogens with zero attached hydrogens (tertiary/aromatic N) is 2. The van der Waals surface area contributed by atoms with Gasteiger partial charge in [0.25, 0.3) is 0 Å². The van der Waals surface area contributed by atoms with E-state index >= 15 is 0 Å². The number of amides is 2. The molecular formula is C22H38N2O7. The average molecular weight is 443 g/mol. The van der Waals surface area contributed by atoms with Crippen LogP contribution in [0.5, 0.6) is 0 Å². The summed E-state index contributed by atoms with van der Waals surface area (Å²) in [6, 6.07) is -0.187. The van der Waals surface area contributed by atoms with E-state index in [9.17, 15) is 14.4 Å². The smallest absolute Gasteiger partial charge is 0.410 e. The third kappa shape index (κ3) is 7.96. The molecule has 0 N–H and O–H groups in total. The lowest BCUT2D eigenvalue weighted by molar-refractivity contribution is -0.147. The molecular weight excluding hydrogens is 404 g/mol. The minimum atomic E-state index is -0.603. The molecule has 9 nitrogen and oxygen atoms in total. The Labute approximate surface area is 185 Å². The summed E-state index contributed by atoms with van der Waals surface area (Å²) >= 11 is 0. The molecule has 1 aliphatic heterocycles. The van der Waals surface area contributed by atoms with E-state index in [0.717, 1.165) is 25.7 Å². The van der Waals surface area contributed by atoms with Crippen molar-refractivity contribution in [3.63, 3.8) is 0 Å². The second-order valence-corrected chi connectivity index (χ2v) is 9.57. The van der Waals surface area contributed by atoms with Crippen molar-refractivity contribution in [1.29, 1.82) is 0 Å². The summed E-state index contributed by atoms with van der Waals surface area (Å²) in [5.74, 6) is -0.329. The highest BCUT2D eigenvalue weighted by atomic mass is 16.6. The van der Waals surface area contributed by atoms with Crippen molar-refractivity contribution in [3.8, 4) is 0 Å². The first kappa shape index (κ1) is 25.4. The van der Waals surface area contributed by atoms with Gasteiger partial charge in [0, 0.05) is 14.1 Å². The molecule has 2 fully saturated rings. The van der Waals surface area contributed by atoms with Crippen molar-refractivity contribution in [2.75, 3.05) is 41.0 Å². The standard InChI is InChI=1S/C22H38N2O7/c1-22(2,3)31-21(27)24-12-18(30-14-19(25)23(4)5)11-16(24)13-29-17-9-7-15(8-10-17)20(26)28-6/h15-18H,7-14H2,1-6H3/t15-,16-,17-,18-/m0/s1. The maximum atomic E-state index is 12.7. The van der Waals surface area contributed by atoms with Crippen LogP contribution in [0.3, 0.4) is 0 Å². The molecule has 1 aliphatic carbocycles. The molecule has 0 bridgehead atoms. The quantitative estimate of drug-likeness (QED) is 0.558. The summed E-state index contributed by atoms with van der Waals surface area (Å²) in [5, 5.41) is 0. The summed E-state index contributed by atoms with van der Waals surface area (Å²) in [6.07, 6.45) is 3.05. The summed E-state index contributed by atoms with van der Waals surface area (Å²) < 4.78 is 22.3. The molecule has 1 saturated carbocycles. The fourth-order valence-corrected chi connectivity index (χ4v) is 3.89. The number of likely N-dealkylation sites (N-methyl/N-ethyl adjacent to an activating group) is 1. The molecule has 2 amide bonds. The van der Waals surface area contributed by atoms with Gasteiger partial charge in [0.15, 0.2) is 0 Å². The molecule has 9 heteroatoms. The van der Waals surface area contributed by atoms with E-state index in [-0.39, 0.29) is 42.7 Å². The van der Waals surface area contributed by atoms with Crippen molar-refractivity contribution in [3.05, 3.63) is 0 Å². The number of carbonyl (C=O) groups excluding carboxylic acids is 3. The van der Waals surface area contributed by atoms with E-state index in [2.05, 4.69) is 0 Å². The highest BCUT2D eigenvalue weighted by molar-refractivity contribution is 5.76. The number of esters is 1. The molecule has 2 aliphatic rings. The van der Waals surface area contributed by atoms with E-state index in [1.807, 2.05) is 20.8 Å². The predicted octanol–water partition coefficient (Wildman–Crippen LogP) is 2.22. The Balaban J connectivity index is 1.91. The number of hydrogen-bond donors (Lipinski definition) is 0. The first-order valence-corrected chi connectivity index (χ1v) is 11.0. The van der Waals surface area contributed by atoms with Crippen LogP contribution in [0.4, 0.5) is 4.79 Å². The molecule has 0 spiro atoms. The van der Waals surface area contributed by atoms with Gasteiger partial charge in [-0.3, -0.25) is 9.59 Å². The van der Waals surface area contributed by atoms with Gasteiger partial charge in [-0.15, -0.1) is 0 Å². The maximum absolute atomic E-state index is 12.7. The Kier molecular flexibility index (Phi) is 9.12. The summed E-state index contributed by atoms with van der Waals surface area (Å²) in [5.41, 5.74) is -0.603. The van der Waals surface area contributed by atoms with Gasteiger partial charge in [0.2, 0.25) is 5.91 Å². The number of carbonyl (C=O) groups is 3. The van der Waals surface area contributed by atoms with E-state index in [0.29, 0.717) is 19.6 Å². The minimum Gasteiger partial charge on any atom is -0.469 e. The van der Waals surface area contributed by atoms with Crippen molar-refractivity contribution >= 4 is 18.0 Å². The van der Waals surface area contributed by atoms with Crippen molar-refractivity contribution < 1.29 is 33.3 Å². The van der Waals surface area contributed by atoms with Gasteiger partial charge >= 0.3 is 12.1 Å². The second-order valence-electron chi connectivity index (χ2n) is 9.57. The fraction of sp³-hybridized carbons (Fsp3) is 0.864. The lowest BCUT2D eigenvalue weighted by atomic mass is 9.87. The van der Waals surface area contributed by atoms with Crippen LogP contribution in [0.2, 0.25) is 0 Å². The highest BCUT2D eigenvalue weighted by Gasteiger charge is 2.39. The molecule has 0 aromatic rings. The normalized spacial score (nSPS) is 26.5. The molecule has 2 atom stereocenters. The summed E-state index contributed by atoms with van der Waals surface area (Å²) in [4.78, 5) is 39.4. The SMILES string of the molecule is COC(=O)[C@H]1CC[C@H](OC[C@@H]2C[C@H](OCC(=O)N(C)C)CN2C(=O)OC(C)(C)C)CC1. The Hall–Kier alpha value is -1.87. The Bertz CT molecular complexity index is 624. The number of methoxy groups -OCH3 is 1. The van der Waals surface area contributed by atoms with Crippen LogP contribution in [0.25, 0.3) is 0 Å². The van der Waals surface area contributed by atoms with E-state index in [1.165, 1.54) is 12.0 Å². The van der Waals surface area contributed by atoms with Gasteiger partial charge in [-0.05, 0) is 52.9 Å². The van der Waals surface area contributed by atoms with Gasteiger partial charge in [-0.2, -0.15) is 0 Å². The van der Waals surface area contributed by atoms with Gasteiger partial charge in [0.1, 0.15) is 12.2 Å². The zero-order chi connectivity index (χ0) is 23.2. The molecule has 2 rings (SSSR count). The predicted molar refractivity (Wildman–Crippen MR) is 113 cm³/mol. The summed E-state index contributed by atoms with van der Waals surface area (Å²) in [7, 11) is 4.78. The van der Waals surface area contributed by atoms with Gasteiger partial charge in [-0.25, -0.2) is 4.79 Å². The van der Waals surface area contributed by atoms with Gasteiger partial charge < -0.3 is 28.7 Å². The maximum Gasteiger partial charge on any atom is 0.410 e. The van der Waals surface area contributed by atoms with Crippen molar-refractivity contribution in [2.45, 2.75) is 76.7 Å². The number of rotatable bonds is 7. The topological polar surface area (TPSA) is 94.6 Å².